The van der Waals surface area contributed by atoms with Gasteiger partial charge >= 0.3 is 0 Å². The molecule has 2 aromatic heterocycles. The van der Waals surface area contributed by atoms with E-state index in [2.05, 4.69) is 59.9 Å². The zero-order valence-corrected chi connectivity index (χ0v) is 15.0. The Kier molecular flexibility index (Phi) is 4.49. The van der Waals surface area contributed by atoms with E-state index in [1.807, 2.05) is 24.3 Å². The molecule has 0 aliphatic rings. The Hall–Kier alpha value is -2.47. The summed E-state index contributed by atoms with van der Waals surface area (Å²) in [5, 5.41) is 12.4. The topological polar surface area (TPSA) is 59.8 Å². The van der Waals surface area contributed by atoms with Crippen LogP contribution in [-0.2, 0) is 0 Å². The van der Waals surface area contributed by atoms with Crippen molar-refractivity contribution in [3.05, 3.63) is 58.4 Å². The summed E-state index contributed by atoms with van der Waals surface area (Å²) in [5.41, 5.74) is 3.98. The van der Waals surface area contributed by atoms with Gasteiger partial charge in [-0.2, -0.15) is 0 Å². The van der Waals surface area contributed by atoms with E-state index in [0.717, 1.165) is 10.7 Å². The van der Waals surface area contributed by atoms with Crippen LogP contribution in [0.5, 0.6) is 0 Å². The number of hydrogen-bond acceptors (Lipinski definition) is 4. The number of carbonyl (C=O) groups excluding carboxylic acids is 1. The molecule has 0 aliphatic carbocycles. The number of nitrogens with zero attached hydrogens (tertiary/aromatic N) is 3. The van der Waals surface area contributed by atoms with Gasteiger partial charge < -0.3 is 4.57 Å². The van der Waals surface area contributed by atoms with E-state index in [4.69, 9.17) is 0 Å². The number of nitrogens with one attached hydrogen (secondary N) is 1. The molecule has 3 rings (SSSR count). The molecule has 124 valence electrons. The van der Waals surface area contributed by atoms with Crippen LogP contribution in [0.25, 0.3) is 5.69 Å². The molecular weight excluding hydrogens is 320 g/mol. The molecule has 0 spiro atoms. The van der Waals surface area contributed by atoms with E-state index in [9.17, 15) is 4.79 Å². The molecule has 0 unspecified atom stereocenters. The summed E-state index contributed by atoms with van der Waals surface area (Å²) in [4.78, 5) is 12.3. The average Bonchev–Trinajstić information content (AvgIpc) is 3.15. The molecule has 0 fully saturated rings. The normalized spacial score (nSPS) is 11.0. The van der Waals surface area contributed by atoms with Gasteiger partial charge in [-0.1, -0.05) is 25.2 Å². The number of anilines is 1. The van der Waals surface area contributed by atoms with Crippen molar-refractivity contribution in [2.45, 2.75) is 33.6 Å². The van der Waals surface area contributed by atoms with Crippen LogP contribution in [-0.4, -0.2) is 20.7 Å². The van der Waals surface area contributed by atoms with Gasteiger partial charge in [0.05, 0.1) is 0 Å². The zero-order valence-electron chi connectivity index (χ0n) is 14.2. The monoisotopic (exact) mass is 340 g/mol. The van der Waals surface area contributed by atoms with Gasteiger partial charge in [-0.25, -0.2) is 0 Å². The fraction of sp³-hybridized carbons (Fsp3) is 0.278. The van der Waals surface area contributed by atoms with Crippen LogP contribution in [0.2, 0.25) is 0 Å². The maximum Gasteiger partial charge on any atom is 0.257 e. The molecule has 6 heteroatoms. The minimum absolute atomic E-state index is 0.172. The minimum Gasteiger partial charge on any atom is -0.319 e. The fourth-order valence-electron chi connectivity index (χ4n) is 2.53. The molecule has 1 amide bonds. The molecule has 0 saturated carbocycles. The second-order valence-corrected chi connectivity index (χ2v) is 7.06. The highest BCUT2D eigenvalue weighted by Crippen LogP contribution is 2.23. The molecule has 0 saturated heterocycles. The first kappa shape index (κ1) is 16.4. The quantitative estimate of drug-likeness (QED) is 0.769. The summed E-state index contributed by atoms with van der Waals surface area (Å²) in [6.07, 6.45) is 0. The van der Waals surface area contributed by atoms with Gasteiger partial charge in [-0.05, 0) is 50.2 Å². The van der Waals surface area contributed by atoms with Crippen molar-refractivity contribution in [3.8, 4) is 5.69 Å². The third kappa shape index (κ3) is 3.23. The van der Waals surface area contributed by atoms with E-state index in [1.54, 1.807) is 0 Å². The molecule has 1 N–H and O–H groups in total. The van der Waals surface area contributed by atoms with Crippen LogP contribution in [0.3, 0.4) is 0 Å². The van der Waals surface area contributed by atoms with Crippen molar-refractivity contribution in [1.29, 1.82) is 0 Å². The number of aryl methyl sites for hydroxylation is 2. The Labute approximate surface area is 145 Å². The molecular formula is C18H20N4OS. The Bertz CT molecular complexity index is 842. The van der Waals surface area contributed by atoms with Crippen LogP contribution in [0, 0.1) is 13.8 Å². The standard InChI is InChI=1S/C18H20N4OS/c1-11(2)17-20-21-18(24-17)19-16(23)14-7-9-15(10-8-14)22-12(3)5-6-13(22)4/h5-11H,1-4H3,(H,19,21,23). The van der Waals surface area contributed by atoms with Gasteiger partial charge in [0.2, 0.25) is 5.13 Å². The fourth-order valence-corrected chi connectivity index (χ4v) is 3.27. The first-order valence-electron chi connectivity index (χ1n) is 7.86. The van der Waals surface area contributed by atoms with E-state index >= 15 is 0 Å². The summed E-state index contributed by atoms with van der Waals surface area (Å²) in [6.45, 7) is 8.23. The Morgan fingerprint density at radius 2 is 1.67 bits per heavy atom. The van der Waals surface area contributed by atoms with E-state index < -0.39 is 0 Å². The highest BCUT2D eigenvalue weighted by molar-refractivity contribution is 7.15. The Balaban J connectivity index is 1.76. The van der Waals surface area contributed by atoms with Crippen molar-refractivity contribution in [2.24, 2.45) is 0 Å². The number of rotatable bonds is 4. The molecule has 0 radical (unpaired) electrons. The summed E-state index contributed by atoms with van der Waals surface area (Å²) >= 11 is 1.41. The first-order chi connectivity index (χ1) is 11.5. The number of benzene rings is 1. The van der Waals surface area contributed by atoms with Crippen molar-refractivity contribution in [3.63, 3.8) is 0 Å². The third-order valence-corrected chi connectivity index (χ3v) is 4.95. The largest absolute Gasteiger partial charge is 0.319 e. The van der Waals surface area contributed by atoms with Gasteiger partial charge in [0, 0.05) is 28.6 Å². The number of amides is 1. The molecule has 0 aliphatic heterocycles. The van der Waals surface area contributed by atoms with Crippen LogP contribution in [0.15, 0.2) is 36.4 Å². The molecule has 2 heterocycles. The maximum absolute atomic E-state index is 12.3. The van der Waals surface area contributed by atoms with E-state index in [0.29, 0.717) is 16.6 Å². The molecule has 0 atom stereocenters. The number of carbonyl (C=O) groups is 1. The van der Waals surface area contributed by atoms with Gasteiger partial charge in [0.1, 0.15) is 5.01 Å². The Morgan fingerprint density at radius 3 is 2.21 bits per heavy atom. The zero-order chi connectivity index (χ0) is 17.3. The molecule has 24 heavy (non-hydrogen) atoms. The van der Waals surface area contributed by atoms with Crippen molar-refractivity contribution < 1.29 is 4.79 Å². The molecule has 3 aromatic rings. The van der Waals surface area contributed by atoms with Crippen LogP contribution < -0.4 is 5.32 Å². The lowest BCUT2D eigenvalue weighted by molar-refractivity contribution is 0.102. The lowest BCUT2D eigenvalue weighted by Gasteiger charge is -2.10. The van der Waals surface area contributed by atoms with Crippen LogP contribution in [0.4, 0.5) is 5.13 Å². The number of hydrogen-bond donors (Lipinski definition) is 1. The predicted molar refractivity (Wildman–Crippen MR) is 97.2 cm³/mol. The van der Waals surface area contributed by atoms with E-state index in [1.165, 1.54) is 22.7 Å². The maximum atomic E-state index is 12.3. The summed E-state index contributed by atoms with van der Waals surface area (Å²) in [7, 11) is 0. The van der Waals surface area contributed by atoms with Crippen molar-refractivity contribution in [2.75, 3.05) is 5.32 Å². The number of aromatic nitrogens is 3. The van der Waals surface area contributed by atoms with Gasteiger partial charge in [0.15, 0.2) is 0 Å². The average molecular weight is 340 g/mol. The third-order valence-electron chi connectivity index (χ3n) is 3.81. The second kappa shape index (κ2) is 6.57. The summed E-state index contributed by atoms with van der Waals surface area (Å²) in [6, 6.07) is 11.7. The first-order valence-corrected chi connectivity index (χ1v) is 8.67. The SMILES string of the molecule is Cc1ccc(C)n1-c1ccc(C(=O)Nc2nnc(C(C)C)s2)cc1. The lowest BCUT2D eigenvalue weighted by Crippen LogP contribution is -2.11. The second-order valence-electron chi connectivity index (χ2n) is 6.05. The molecule has 1 aromatic carbocycles. The highest BCUT2D eigenvalue weighted by Gasteiger charge is 2.12. The van der Waals surface area contributed by atoms with Crippen LogP contribution >= 0.6 is 11.3 Å². The van der Waals surface area contributed by atoms with E-state index in [-0.39, 0.29) is 5.91 Å². The Morgan fingerprint density at radius 1 is 1.04 bits per heavy atom. The minimum atomic E-state index is -0.172. The smallest absolute Gasteiger partial charge is 0.257 e. The van der Waals surface area contributed by atoms with Crippen molar-refractivity contribution >= 4 is 22.4 Å². The van der Waals surface area contributed by atoms with Gasteiger partial charge in [-0.15, -0.1) is 10.2 Å². The predicted octanol–water partition coefficient (Wildman–Crippen LogP) is 4.32. The molecule has 0 bridgehead atoms. The summed E-state index contributed by atoms with van der Waals surface area (Å²) < 4.78 is 2.15. The lowest BCUT2D eigenvalue weighted by atomic mass is 10.2. The summed E-state index contributed by atoms with van der Waals surface area (Å²) in [5.74, 6) is 0.134. The highest BCUT2D eigenvalue weighted by atomic mass is 32.1. The molecule has 5 nitrogen and oxygen atoms in total. The van der Waals surface area contributed by atoms with Gasteiger partial charge in [-0.3, -0.25) is 10.1 Å². The van der Waals surface area contributed by atoms with Gasteiger partial charge in [0.25, 0.3) is 5.91 Å². The van der Waals surface area contributed by atoms with Crippen LogP contribution in [0.1, 0.15) is 46.5 Å². The van der Waals surface area contributed by atoms with Crippen molar-refractivity contribution in [1.82, 2.24) is 14.8 Å².